The molecule has 1 saturated carbocycles. The zero-order valence-electron chi connectivity index (χ0n) is 14.6. The Morgan fingerprint density at radius 1 is 1.28 bits per heavy atom. The molecule has 0 spiro atoms. The summed E-state index contributed by atoms with van der Waals surface area (Å²) in [6.45, 7) is 2.84. The quantitative estimate of drug-likeness (QED) is 0.797. The number of hydrogen-bond donors (Lipinski definition) is 2. The minimum atomic E-state index is -0.0747. The van der Waals surface area contributed by atoms with Crippen LogP contribution in [-0.4, -0.2) is 57.4 Å². The van der Waals surface area contributed by atoms with E-state index in [0.29, 0.717) is 44.6 Å². The highest BCUT2D eigenvalue weighted by molar-refractivity contribution is 5.77. The highest BCUT2D eigenvalue weighted by atomic mass is 16.2. The van der Waals surface area contributed by atoms with Gasteiger partial charge in [0.2, 0.25) is 5.91 Å². The highest BCUT2D eigenvalue weighted by Gasteiger charge is 2.38. The highest BCUT2D eigenvalue weighted by Crippen LogP contribution is 2.35. The van der Waals surface area contributed by atoms with Crippen LogP contribution in [0.1, 0.15) is 43.4 Å². The number of nitrogens with one attached hydrogen (secondary N) is 1. The van der Waals surface area contributed by atoms with Gasteiger partial charge in [-0.3, -0.25) is 14.5 Å². The van der Waals surface area contributed by atoms with Crippen LogP contribution in [0.15, 0.2) is 11.1 Å². The predicted octanol–water partition coefficient (Wildman–Crippen LogP) is 0.246. The fourth-order valence-electron chi connectivity index (χ4n) is 4.29. The first kappa shape index (κ1) is 16.7. The summed E-state index contributed by atoms with van der Waals surface area (Å²) in [6.07, 6.45) is 7.36. The second-order valence-corrected chi connectivity index (χ2v) is 7.69. The summed E-state index contributed by atoms with van der Waals surface area (Å²) < 4.78 is 0. The lowest BCUT2D eigenvalue weighted by Gasteiger charge is -2.32. The van der Waals surface area contributed by atoms with Gasteiger partial charge in [0.05, 0.1) is 18.6 Å². The molecule has 3 N–H and O–H groups in total. The van der Waals surface area contributed by atoms with Crippen molar-refractivity contribution in [3.8, 4) is 0 Å². The molecule has 136 valence electrons. The second kappa shape index (κ2) is 6.88. The van der Waals surface area contributed by atoms with Crippen molar-refractivity contribution in [1.29, 1.82) is 0 Å². The molecule has 7 heteroatoms. The van der Waals surface area contributed by atoms with Crippen LogP contribution in [-0.2, 0) is 17.8 Å². The number of hydrogen-bond acceptors (Lipinski definition) is 5. The Kier molecular flexibility index (Phi) is 4.60. The molecule has 3 heterocycles. The summed E-state index contributed by atoms with van der Waals surface area (Å²) >= 11 is 0. The smallest absolute Gasteiger partial charge is 0.254 e. The molecular weight excluding hydrogens is 318 g/mol. The lowest BCUT2D eigenvalue weighted by Crippen LogP contribution is -2.45. The van der Waals surface area contributed by atoms with Crippen molar-refractivity contribution in [1.82, 2.24) is 19.8 Å². The van der Waals surface area contributed by atoms with Crippen molar-refractivity contribution < 1.29 is 4.79 Å². The summed E-state index contributed by atoms with van der Waals surface area (Å²) in [7, 11) is 0. The zero-order chi connectivity index (χ0) is 17.4. The summed E-state index contributed by atoms with van der Waals surface area (Å²) in [5, 5.41) is 0. The number of carbonyl (C=O) groups excluding carboxylic acids is 1. The molecule has 1 aromatic heterocycles. The number of aromatic nitrogens is 2. The van der Waals surface area contributed by atoms with E-state index in [-0.39, 0.29) is 11.5 Å². The standard InChI is InChI=1S/C18H27N5O2/c19-8-14-4-3-13(23(14)9-12-1-2-12)7-17(24)22-6-5-15-16(10-22)20-11-21-18(15)25/h11-14H,1-10,19H2,(H,20,21,25)/t13-,14+/m0/s1. The number of aromatic amines is 1. The van der Waals surface area contributed by atoms with Gasteiger partial charge in [-0.1, -0.05) is 0 Å². The third kappa shape index (κ3) is 3.48. The minimum absolute atomic E-state index is 0.0747. The molecule has 0 unspecified atom stereocenters. The van der Waals surface area contributed by atoms with Crippen molar-refractivity contribution in [3.63, 3.8) is 0 Å². The molecule has 4 rings (SSSR count). The van der Waals surface area contributed by atoms with E-state index in [2.05, 4.69) is 14.9 Å². The molecule has 3 aliphatic rings. The van der Waals surface area contributed by atoms with Crippen LogP contribution < -0.4 is 11.3 Å². The topological polar surface area (TPSA) is 95.3 Å². The molecule has 1 saturated heterocycles. The third-order valence-corrected chi connectivity index (χ3v) is 5.98. The predicted molar refractivity (Wildman–Crippen MR) is 93.9 cm³/mol. The van der Waals surface area contributed by atoms with Gasteiger partial charge < -0.3 is 15.6 Å². The molecule has 1 amide bonds. The van der Waals surface area contributed by atoms with Crippen LogP contribution in [0, 0.1) is 5.92 Å². The Labute approximate surface area is 147 Å². The van der Waals surface area contributed by atoms with Gasteiger partial charge >= 0.3 is 0 Å². The molecule has 2 atom stereocenters. The third-order valence-electron chi connectivity index (χ3n) is 5.98. The van der Waals surface area contributed by atoms with E-state index in [0.717, 1.165) is 36.6 Å². The van der Waals surface area contributed by atoms with Crippen molar-refractivity contribution in [3.05, 3.63) is 27.9 Å². The van der Waals surface area contributed by atoms with Crippen LogP contribution >= 0.6 is 0 Å². The van der Waals surface area contributed by atoms with E-state index >= 15 is 0 Å². The van der Waals surface area contributed by atoms with Crippen molar-refractivity contribution in [2.24, 2.45) is 11.7 Å². The van der Waals surface area contributed by atoms with E-state index in [1.165, 1.54) is 19.2 Å². The maximum absolute atomic E-state index is 12.8. The first-order valence-electron chi connectivity index (χ1n) is 9.44. The zero-order valence-corrected chi connectivity index (χ0v) is 14.6. The molecule has 1 aliphatic carbocycles. The van der Waals surface area contributed by atoms with Gasteiger partial charge in [0.15, 0.2) is 0 Å². The van der Waals surface area contributed by atoms with E-state index in [1.807, 2.05) is 4.90 Å². The largest absolute Gasteiger partial charge is 0.336 e. The first-order chi connectivity index (χ1) is 12.2. The number of carbonyl (C=O) groups is 1. The molecule has 0 aromatic carbocycles. The Morgan fingerprint density at radius 2 is 2.08 bits per heavy atom. The Bertz CT molecular complexity index is 699. The van der Waals surface area contributed by atoms with E-state index in [4.69, 9.17) is 5.73 Å². The van der Waals surface area contributed by atoms with E-state index in [9.17, 15) is 9.59 Å². The first-order valence-corrected chi connectivity index (χ1v) is 9.44. The van der Waals surface area contributed by atoms with Gasteiger partial charge in [-0.25, -0.2) is 4.98 Å². The van der Waals surface area contributed by atoms with Gasteiger partial charge in [0, 0.05) is 43.7 Å². The van der Waals surface area contributed by atoms with Gasteiger partial charge in [-0.15, -0.1) is 0 Å². The average Bonchev–Trinajstić information content (AvgIpc) is 3.36. The summed E-state index contributed by atoms with van der Waals surface area (Å²) in [6, 6.07) is 0.746. The molecule has 25 heavy (non-hydrogen) atoms. The Morgan fingerprint density at radius 3 is 2.84 bits per heavy atom. The van der Waals surface area contributed by atoms with Crippen LogP contribution in [0.2, 0.25) is 0 Å². The summed E-state index contributed by atoms with van der Waals surface area (Å²) in [5.41, 5.74) is 7.34. The number of rotatable bonds is 5. The van der Waals surface area contributed by atoms with Gasteiger partial charge in [0.25, 0.3) is 5.56 Å². The monoisotopic (exact) mass is 345 g/mol. The Hall–Kier alpha value is -1.73. The lowest BCUT2D eigenvalue weighted by atomic mass is 10.0. The van der Waals surface area contributed by atoms with Crippen molar-refractivity contribution in [2.75, 3.05) is 19.6 Å². The van der Waals surface area contributed by atoms with Crippen LogP contribution in [0.4, 0.5) is 0 Å². The maximum atomic E-state index is 12.8. The van der Waals surface area contributed by atoms with Gasteiger partial charge in [-0.05, 0) is 38.0 Å². The van der Waals surface area contributed by atoms with Crippen molar-refractivity contribution >= 4 is 5.91 Å². The molecule has 0 bridgehead atoms. The number of amides is 1. The number of fused-ring (bicyclic) bond motifs is 1. The SMILES string of the molecule is NC[C@H]1CC[C@@H](CC(=O)N2CCc3c(nc[nH]c3=O)C2)N1CC1CC1. The second-order valence-electron chi connectivity index (χ2n) is 7.69. The summed E-state index contributed by atoms with van der Waals surface area (Å²) in [4.78, 5) is 35.9. The van der Waals surface area contributed by atoms with Crippen LogP contribution in [0.3, 0.4) is 0 Å². The van der Waals surface area contributed by atoms with Gasteiger partial charge in [-0.2, -0.15) is 0 Å². The fourth-order valence-corrected chi connectivity index (χ4v) is 4.29. The van der Waals surface area contributed by atoms with Crippen LogP contribution in [0.5, 0.6) is 0 Å². The number of nitrogens with zero attached hydrogens (tertiary/aromatic N) is 3. The van der Waals surface area contributed by atoms with E-state index in [1.54, 1.807) is 0 Å². The fraction of sp³-hybridized carbons (Fsp3) is 0.722. The normalized spacial score (nSPS) is 26.7. The molecule has 0 radical (unpaired) electrons. The molecular formula is C18H27N5O2. The lowest BCUT2D eigenvalue weighted by molar-refractivity contribution is -0.133. The Balaban J connectivity index is 1.40. The maximum Gasteiger partial charge on any atom is 0.254 e. The molecule has 1 aromatic rings. The molecule has 7 nitrogen and oxygen atoms in total. The van der Waals surface area contributed by atoms with E-state index < -0.39 is 0 Å². The number of likely N-dealkylation sites (tertiary alicyclic amines) is 1. The average molecular weight is 345 g/mol. The molecule has 2 aliphatic heterocycles. The van der Waals surface area contributed by atoms with Crippen molar-refractivity contribution in [2.45, 2.75) is 57.2 Å². The minimum Gasteiger partial charge on any atom is -0.336 e. The van der Waals surface area contributed by atoms with Gasteiger partial charge in [0.1, 0.15) is 0 Å². The molecule has 2 fully saturated rings. The summed E-state index contributed by atoms with van der Waals surface area (Å²) in [5.74, 6) is 0.985. The van der Waals surface area contributed by atoms with Crippen LogP contribution in [0.25, 0.3) is 0 Å². The number of nitrogens with two attached hydrogens (primary N) is 1. The number of H-pyrrole nitrogens is 1.